The van der Waals surface area contributed by atoms with Gasteiger partial charge >= 0.3 is 5.97 Å². The van der Waals surface area contributed by atoms with Crippen molar-refractivity contribution in [2.45, 2.75) is 91.1 Å². The van der Waals surface area contributed by atoms with Crippen LogP contribution in [0.3, 0.4) is 0 Å². The van der Waals surface area contributed by atoms with Crippen LogP contribution in [0.15, 0.2) is 0 Å². The monoisotopic (exact) mass is 390 g/mol. The molecule has 0 aromatic carbocycles. The van der Waals surface area contributed by atoms with Gasteiger partial charge in [0.1, 0.15) is 5.78 Å². The van der Waals surface area contributed by atoms with E-state index in [0.29, 0.717) is 41.3 Å². The van der Waals surface area contributed by atoms with Crippen LogP contribution >= 0.6 is 0 Å². The lowest BCUT2D eigenvalue weighted by Crippen LogP contribution is -2.56. The number of ketones is 1. The quantitative estimate of drug-likeness (QED) is 0.730. The summed E-state index contributed by atoms with van der Waals surface area (Å²) in [5, 5.41) is 19.0. The number of aliphatic hydroxyl groups is 1. The summed E-state index contributed by atoms with van der Waals surface area (Å²) < 4.78 is 0. The Bertz CT molecular complexity index is 645. The van der Waals surface area contributed by atoms with Crippen molar-refractivity contribution in [1.29, 1.82) is 0 Å². The maximum absolute atomic E-state index is 13.3. The Morgan fingerprint density at radius 2 is 1.79 bits per heavy atom. The number of hydrogen-bond acceptors (Lipinski definition) is 3. The van der Waals surface area contributed by atoms with E-state index in [-0.39, 0.29) is 17.3 Å². The fourth-order valence-corrected chi connectivity index (χ4v) is 8.55. The van der Waals surface area contributed by atoms with E-state index in [1.807, 2.05) is 0 Å². The highest BCUT2D eigenvalue weighted by Crippen LogP contribution is 2.67. The van der Waals surface area contributed by atoms with E-state index in [0.717, 1.165) is 32.1 Å². The Labute approximate surface area is 169 Å². The molecule has 1 unspecified atom stereocenters. The maximum atomic E-state index is 13.3. The average molecular weight is 391 g/mol. The lowest BCUT2D eigenvalue weighted by molar-refractivity contribution is -0.157. The first-order valence-electron chi connectivity index (χ1n) is 11.6. The summed E-state index contributed by atoms with van der Waals surface area (Å²) in [4.78, 5) is 24.5. The Morgan fingerprint density at radius 3 is 2.50 bits per heavy atom. The first kappa shape index (κ1) is 20.4. The molecule has 4 nitrogen and oxygen atoms in total. The molecule has 4 rings (SSSR count). The smallest absolute Gasteiger partial charge is 0.332 e. The fraction of sp³-hybridized carbons (Fsp3) is 0.917. The van der Waals surface area contributed by atoms with Crippen molar-refractivity contribution in [1.82, 2.24) is 0 Å². The molecule has 4 aliphatic carbocycles. The number of carbonyl (C=O) groups is 2. The molecule has 0 aliphatic heterocycles. The molecule has 28 heavy (non-hydrogen) atoms. The van der Waals surface area contributed by atoms with E-state index in [9.17, 15) is 14.7 Å². The minimum Gasteiger partial charge on any atom is -0.479 e. The summed E-state index contributed by atoms with van der Waals surface area (Å²) in [6.45, 7) is 6.97. The molecule has 4 aliphatic rings. The van der Waals surface area contributed by atoms with Crippen LogP contribution in [0.1, 0.15) is 85.0 Å². The van der Waals surface area contributed by atoms with Crippen LogP contribution in [0.4, 0.5) is 0 Å². The van der Waals surface area contributed by atoms with Gasteiger partial charge in [-0.25, -0.2) is 4.79 Å². The third-order valence-corrected chi connectivity index (χ3v) is 10.0. The normalized spacial score (nSPS) is 47.6. The van der Waals surface area contributed by atoms with Crippen LogP contribution in [0, 0.1) is 46.3 Å². The molecule has 0 amide bonds. The lowest BCUT2D eigenvalue weighted by atomic mass is 9.44. The highest BCUT2D eigenvalue weighted by atomic mass is 16.4. The van der Waals surface area contributed by atoms with Crippen LogP contribution in [0.2, 0.25) is 0 Å². The summed E-state index contributed by atoms with van der Waals surface area (Å²) in [5.74, 6) is 1.83. The second-order valence-electron chi connectivity index (χ2n) is 11.2. The minimum atomic E-state index is -1.27. The number of aliphatic hydroxyl groups excluding tert-OH is 1. The predicted octanol–water partition coefficient (Wildman–Crippen LogP) is 4.69. The van der Waals surface area contributed by atoms with Crippen LogP contribution < -0.4 is 0 Å². The zero-order valence-electron chi connectivity index (χ0n) is 17.8. The molecule has 158 valence electrons. The topological polar surface area (TPSA) is 74.6 Å². The minimum absolute atomic E-state index is 0.117. The molecule has 0 radical (unpaired) electrons. The largest absolute Gasteiger partial charge is 0.479 e. The molecule has 9 atom stereocenters. The highest BCUT2D eigenvalue weighted by Gasteiger charge is 2.62. The fourth-order valence-electron chi connectivity index (χ4n) is 8.55. The SMILES string of the molecule is C[C@H](CC(O)C(=O)O)[C@H]1CC[C@H]2[C@@H]3C(=O)C[C@@H]4CCCC[C@]4(C)[C@H]3CC[C@]12C. The average Bonchev–Trinajstić information content (AvgIpc) is 2.99. The van der Waals surface area contributed by atoms with Gasteiger partial charge in [-0.3, -0.25) is 4.79 Å². The van der Waals surface area contributed by atoms with Crippen molar-refractivity contribution in [2.24, 2.45) is 46.3 Å². The van der Waals surface area contributed by atoms with Crippen molar-refractivity contribution in [3.63, 3.8) is 0 Å². The molecule has 0 spiro atoms. The van der Waals surface area contributed by atoms with Crippen LogP contribution in [0.25, 0.3) is 0 Å². The second kappa shape index (κ2) is 7.11. The van der Waals surface area contributed by atoms with Gasteiger partial charge in [0.05, 0.1) is 0 Å². The second-order valence-corrected chi connectivity index (χ2v) is 11.2. The number of carboxylic acids is 1. The van der Waals surface area contributed by atoms with E-state index in [4.69, 9.17) is 5.11 Å². The Morgan fingerprint density at radius 1 is 1.07 bits per heavy atom. The van der Waals surface area contributed by atoms with Crippen LogP contribution in [0.5, 0.6) is 0 Å². The van der Waals surface area contributed by atoms with E-state index >= 15 is 0 Å². The number of rotatable bonds is 4. The molecule has 0 aromatic heterocycles. The molecular weight excluding hydrogens is 352 g/mol. The summed E-state index contributed by atoms with van der Waals surface area (Å²) in [5.41, 5.74) is 0.466. The van der Waals surface area contributed by atoms with Crippen molar-refractivity contribution in [3.8, 4) is 0 Å². The number of Topliss-reactive ketones (excluding diaryl/α,β-unsaturated/α-hetero) is 1. The van der Waals surface area contributed by atoms with Gasteiger partial charge in [0.25, 0.3) is 0 Å². The molecular formula is C24H38O4. The standard InChI is InChI=1S/C24H38O4/c1-14(12-20(26)22(27)28)16-7-8-17-21-18(9-11-24(16,17)3)23(2)10-5-4-6-15(23)13-19(21)25/h14-18,20-21,26H,4-13H2,1-3H3,(H,27,28)/t14-,15+,16-,17+,18+,20?,21+,23+,24-/m1/s1. The first-order valence-corrected chi connectivity index (χ1v) is 11.6. The van der Waals surface area contributed by atoms with Crippen LogP contribution in [-0.2, 0) is 9.59 Å². The maximum Gasteiger partial charge on any atom is 0.332 e. The van der Waals surface area contributed by atoms with Crippen LogP contribution in [-0.4, -0.2) is 28.1 Å². The van der Waals surface area contributed by atoms with Gasteiger partial charge in [0.2, 0.25) is 0 Å². The molecule has 0 saturated heterocycles. The molecule has 4 saturated carbocycles. The molecule has 4 heteroatoms. The van der Waals surface area contributed by atoms with Gasteiger partial charge in [-0.05, 0) is 85.4 Å². The number of fused-ring (bicyclic) bond motifs is 5. The van der Waals surface area contributed by atoms with Crippen molar-refractivity contribution < 1.29 is 19.8 Å². The zero-order valence-corrected chi connectivity index (χ0v) is 17.8. The lowest BCUT2D eigenvalue weighted by Gasteiger charge is -2.60. The number of carboxylic acid groups (broad SMARTS) is 1. The molecule has 0 aromatic rings. The van der Waals surface area contributed by atoms with E-state index in [1.54, 1.807) is 0 Å². The molecule has 2 N–H and O–H groups in total. The number of aliphatic carboxylic acids is 1. The van der Waals surface area contributed by atoms with Gasteiger partial charge in [0.15, 0.2) is 6.10 Å². The predicted molar refractivity (Wildman–Crippen MR) is 108 cm³/mol. The Balaban J connectivity index is 1.57. The van der Waals surface area contributed by atoms with Crippen molar-refractivity contribution >= 4 is 11.8 Å². The van der Waals surface area contributed by atoms with Gasteiger partial charge in [0, 0.05) is 12.3 Å². The summed E-state index contributed by atoms with van der Waals surface area (Å²) in [7, 11) is 0. The molecule has 0 heterocycles. The molecule has 4 fully saturated rings. The zero-order chi connectivity index (χ0) is 20.3. The first-order chi connectivity index (χ1) is 13.2. The number of hydrogen-bond donors (Lipinski definition) is 2. The Kier molecular flexibility index (Phi) is 5.17. The van der Waals surface area contributed by atoms with E-state index in [2.05, 4.69) is 20.8 Å². The number of carbonyl (C=O) groups excluding carboxylic acids is 1. The van der Waals surface area contributed by atoms with Gasteiger partial charge in [-0.15, -0.1) is 0 Å². The van der Waals surface area contributed by atoms with Gasteiger partial charge < -0.3 is 10.2 Å². The highest BCUT2D eigenvalue weighted by molar-refractivity contribution is 5.83. The Hall–Kier alpha value is -0.900. The third kappa shape index (κ3) is 2.97. The third-order valence-electron chi connectivity index (χ3n) is 10.0. The summed E-state index contributed by atoms with van der Waals surface area (Å²) in [6.07, 6.45) is 9.47. The van der Waals surface area contributed by atoms with Gasteiger partial charge in [-0.1, -0.05) is 33.6 Å². The molecule has 0 bridgehead atoms. The van der Waals surface area contributed by atoms with E-state index < -0.39 is 12.1 Å². The van der Waals surface area contributed by atoms with E-state index in [1.165, 1.54) is 25.7 Å². The van der Waals surface area contributed by atoms with Crippen molar-refractivity contribution in [3.05, 3.63) is 0 Å². The summed E-state index contributed by atoms with van der Waals surface area (Å²) in [6, 6.07) is 0. The summed E-state index contributed by atoms with van der Waals surface area (Å²) >= 11 is 0. The van der Waals surface area contributed by atoms with Crippen molar-refractivity contribution in [2.75, 3.05) is 0 Å². The van der Waals surface area contributed by atoms with Gasteiger partial charge in [-0.2, -0.15) is 0 Å².